The maximum Gasteiger partial charge on any atom is 0.302 e. The van der Waals surface area contributed by atoms with E-state index in [1.807, 2.05) is 27.7 Å². The molecule has 9 N–H and O–H groups in total. The van der Waals surface area contributed by atoms with Gasteiger partial charge in [-0.2, -0.15) is 0 Å². The second-order valence-electron chi connectivity index (χ2n) is 29.3. The number of hydrogen-bond acceptors (Lipinski definition) is 16. The number of carbonyl (C=O) groups is 1. The van der Waals surface area contributed by atoms with Gasteiger partial charge in [0.25, 0.3) is 0 Å². The molecule has 5 aromatic carbocycles. The predicted molar refractivity (Wildman–Crippen MR) is 375 cm³/mol. The zero-order valence-electron chi connectivity index (χ0n) is 54.9. The number of ether oxygens (including phenoxy) is 5. The molecule has 14 nitrogen and oxygen atoms in total. The van der Waals surface area contributed by atoms with E-state index in [-0.39, 0.29) is 78.2 Å². The van der Waals surface area contributed by atoms with Crippen molar-refractivity contribution in [2.75, 3.05) is 46.0 Å². The maximum absolute atomic E-state index is 14.1. The highest BCUT2D eigenvalue weighted by atomic mass is 33.1. The fraction of sp³-hybridized carbons (Fsp3) is 0.487. The number of hydrogen-bond donors (Lipinski definition) is 8. The molecular formula is C80H88N4O10S2. The Hall–Kier alpha value is -6.83. The summed E-state index contributed by atoms with van der Waals surface area (Å²) in [5, 5.41) is 59.8. The van der Waals surface area contributed by atoms with Crippen LogP contribution in [0.15, 0.2) is 108 Å². The van der Waals surface area contributed by atoms with E-state index in [0.29, 0.717) is 65.9 Å². The Labute approximate surface area is 571 Å². The number of phenols is 2. The summed E-state index contributed by atoms with van der Waals surface area (Å²) in [6.45, 7) is 1.60. The second kappa shape index (κ2) is 26.4. The third-order valence-electron chi connectivity index (χ3n) is 23.8. The summed E-state index contributed by atoms with van der Waals surface area (Å²) in [7, 11) is 5.60. The van der Waals surface area contributed by atoms with Crippen LogP contribution in [0.4, 0.5) is 0 Å². The largest absolute Gasteiger partial charge is 0.508 e. The van der Waals surface area contributed by atoms with Crippen LogP contribution >= 0.6 is 21.6 Å². The number of allylic oxidation sites excluding steroid dienone is 3. The number of aliphatic hydroxyl groups excluding tert-OH is 2. The molecule has 5 aliphatic carbocycles. The number of rotatable bonds is 9. The van der Waals surface area contributed by atoms with E-state index in [4.69, 9.17) is 29.4 Å². The van der Waals surface area contributed by atoms with E-state index >= 15 is 0 Å². The molecule has 6 aliphatic heterocycles. The molecule has 4 fully saturated rings. The number of methoxy groups -OCH3 is 1. The average Bonchev–Trinajstić information content (AvgIpc) is 1.48. The van der Waals surface area contributed by atoms with Crippen molar-refractivity contribution >= 4 is 33.6 Å². The molecule has 16 rings (SSSR count). The van der Waals surface area contributed by atoms with Crippen molar-refractivity contribution in [1.82, 2.24) is 16.0 Å². The summed E-state index contributed by atoms with van der Waals surface area (Å²) < 4.78 is 34.8. The predicted octanol–water partition coefficient (Wildman–Crippen LogP) is 11.8. The van der Waals surface area contributed by atoms with Crippen LogP contribution in [0.3, 0.4) is 0 Å². The topological polar surface area (TPSA) is 206 Å². The molecule has 11 aliphatic rings. The summed E-state index contributed by atoms with van der Waals surface area (Å²) in [6, 6.07) is 27.7. The molecule has 16 heteroatoms. The Kier molecular flexibility index (Phi) is 17.6. The Morgan fingerprint density at radius 1 is 0.896 bits per heavy atom. The third-order valence-corrected chi connectivity index (χ3v) is 26.8. The van der Waals surface area contributed by atoms with E-state index < -0.39 is 53.8 Å². The Bertz CT molecular complexity index is 4090. The number of dihydropyridines is 1. The fourth-order valence-electron chi connectivity index (χ4n) is 19.6. The quantitative estimate of drug-likeness (QED) is 0.0299. The summed E-state index contributed by atoms with van der Waals surface area (Å²) in [4.78, 5) is 13.6. The Balaban J connectivity index is 1.03. The van der Waals surface area contributed by atoms with Gasteiger partial charge in [-0.25, -0.2) is 0 Å². The van der Waals surface area contributed by atoms with Crippen molar-refractivity contribution in [1.29, 1.82) is 0 Å². The van der Waals surface area contributed by atoms with Crippen molar-refractivity contribution < 1.29 is 48.9 Å². The average molecular weight is 1330 g/mol. The molecular weight excluding hydrogens is 1240 g/mol. The van der Waals surface area contributed by atoms with Gasteiger partial charge < -0.3 is 65.8 Å². The van der Waals surface area contributed by atoms with Gasteiger partial charge in [-0.1, -0.05) is 144 Å². The smallest absolute Gasteiger partial charge is 0.302 e. The zero-order chi connectivity index (χ0) is 65.4. The normalized spacial score (nSPS) is 31.6. The van der Waals surface area contributed by atoms with Crippen LogP contribution in [0.25, 0.3) is 17.2 Å². The number of phenolic OH excluding ortho intramolecular Hbond substituents is 2. The minimum atomic E-state index is -0.901. The molecule has 2 spiro atoms. The summed E-state index contributed by atoms with van der Waals surface area (Å²) >= 11 is 0. The zero-order valence-corrected chi connectivity index (χ0v) is 56.5. The Morgan fingerprint density at radius 3 is 2.60 bits per heavy atom. The Morgan fingerprint density at radius 2 is 1.77 bits per heavy atom. The van der Waals surface area contributed by atoms with E-state index in [1.54, 1.807) is 13.2 Å². The molecule has 5 aromatic rings. The van der Waals surface area contributed by atoms with Crippen LogP contribution < -0.4 is 35.9 Å². The van der Waals surface area contributed by atoms with Crippen molar-refractivity contribution in [3.63, 3.8) is 0 Å². The molecule has 6 heterocycles. The molecule has 15 atom stereocenters. The van der Waals surface area contributed by atoms with Crippen molar-refractivity contribution in [2.45, 2.75) is 162 Å². The number of nitrogens with two attached hydrogens (primary N) is 1. The molecule has 96 heavy (non-hydrogen) atoms. The molecule has 15 unspecified atom stereocenters. The van der Waals surface area contributed by atoms with Crippen LogP contribution in [0.1, 0.15) is 151 Å². The lowest BCUT2D eigenvalue weighted by Crippen LogP contribution is -2.52. The number of aromatic hydroxyl groups is 2. The third kappa shape index (κ3) is 11.4. The molecule has 500 valence electrons. The second-order valence-corrected chi connectivity index (χ2v) is 32.0. The highest BCUT2D eigenvalue weighted by Crippen LogP contribution is 2.65. The molecule has 1 saturated heterocycles. The van der Waals surface area contributed by atoms with E-state index in [1.165, 1.54) is 30.0 Å². The van der Waals surface area contributed by atoms with Crippen molar-refractivity contribution in [3.8, 4) is 63.6 Å². The van der Waals surface area contributed by atoms with Crippen molar-refractivity contribution in [3.05, 3.63) is 164 Å². The van der Waals surface area contributed by atoms with Gasteiger partial charge >= 0.3 is 5.97 Å². The molecule has 0 aromatic heterocycles. The van der Waals surface area contributed by atoms with Crippen LogP contribution in [-0.4, -0.2) is 102 Å². The summed E-state index contributed by atoms with van der Waals surface area (Å²) in [5.41, 5.74) is 18.7. The first-order valence-corrected chi connectivity index (χ1v) is 37.6. The lowest BCUT2D eigenvalue weighted by Gasteiger charge is -2.42. The van der Waals surface area contributed by atoms with Gasteiger partial charge in [-0.3, -0.25) is 4.79 Å². The number of benzene rings is 5. The van der Waals surface area contributed by atoms with E-state index in [9.17, 15) is 25.2 Å². The molecule has 3 saturated carbocycles. The molecule has 0 radical (unpaired) electrons. The fourth-order valence-corrected chi connectivity index (χ4v) is 22.8. The van der Waals surface area contributed by atoms with Gasteiger partial charge in [-0.15, -0.1) is 0 Å². The van der Waals surface area contributed by atoms with Gasteiger partial charge in [0.2, 0.25) is 0 Å². The number of esters is 1. The van der Waals surface area contributed by atoms with Crippen molar-refractivity contribution in [2.24, 2.45) is 41.2 Å². The number of carbonyl (C=O) groups excluding carboxylic acids is 1. The van der Waals surface area contributed by atoms with Crippen LogP contribution in [0.2, 0.25) is 0 Å². The van der Waals surface area contributed by atoms with Gasteiger partial charge in [0.1, 0.15) is 42.0 Å². The number of aliphatic hydroxyl groups is 2. The SMILES string of the molecule is COCC1C(CO)CNCc2c(O)c3c(c4c2C2C#CC5=C(C=CC(N)N5)C(Cc5cccc(c5)C5(CCCC5)C1C#C2)C1CCC2(Cc5cc(O)cc(OCO)c5-c5ccc6c(c52)OC4C6COC(C)=O)C1)C=CC1NC2CCCC(CSSC(Cc4ccccc4)C1O3)C2. The minimum Gasteiger partial charge on any atom is -0.508 e. The lowest BCUT2D eigenvalue weighted by molar-refractivity contribution is -0.141. The molecule has 11 bridgehead atoms. The monoisotopic (exact) mass is 1330 g/mol. The van der Waals surface area contributed by atoms with Crippen LogP contribution in [-0.2, 0) is 50.9 Å². The highest BCUT2D eigenvalue weighted by Gasteiger charge is 2.55. The van der Waals surface area contributed by atoms with E-state index in [2.05, 4.69) is 131 Å². The lowest BCUT2D eigenvalue weighted by atomic mass is 9.61. The number of nitrogens with one attached hydrogen (secondary N) is 3. The summed E-state index contributed by atoms with van der Waals surface area (Å²) in [6.07, 6.45) is 19.6. The standard InChI is InChI=1S/C80H88N4O10S2/c1-45(87)91-42-63-57-18-19-58-70-51(34-55(88)35-67(70)92-44-86)37-79-29-26-50(36-79)60-32-47-12-8-14-53(30-47)80(27-6-7-28-80)64-22-16-49(17-23-65-56(60)21-25-69(81)84-65)71-61(39-82-38-52(40-85)62(64)41-90-2)74(89)77-59(72(71)75(63)93-76(57)73(58)79)20-24-66-78(94-77)68(33-46-10-4-3-5-11-46)96-95-43-48-13-9-15-54(31-48)83-66/h3-5,8,10-12,14,18-21,24-25,30,34-35,48-50,52,54,60,62-64,66,68-69,75,78,82-86,88-89H,6-7,9,13,15,26-29,31-33,36-44,81H2,1-2H3. The van der Waals surface area contributed by atoms with Gasteiger partial charge in [0.15, 0.2) is 18.3 Å². The number of fused-ring (bicyclic) bond motifs is 16. The maximum atomic E-state index is 14.1. The van der Waals surface area contributed by atoms with Gasteiger partial charge in [0, 0.05) is 114 Å². The van der Waals surface area contributed by atoms with Crippen LogP contribution in [0, 0.1) is 59.2 Å². The van der Waals surface area contributed by atoms with Gasteiger partial charge in [-0.05, 0) is 145 Å². The van der Waals surface area contributed by atoms with E-state index in [0.717, 1.165) is 121 Å². The minimum absolute atomic E-state index is 0.0139. The first-order chi connectivity index (χ1) is 46.9. The summed E-state index contributed by atoms with van der Waals surface area (Å²) in [5.74, 6) is 16.3. The first kappa shape index (κ1) is 63.9. The molecule has 0 amide bonds. The highest BCUT2D eigenvalue weighted by molar-refractivity contribution is 8.77. The van der Waals surface area contributed by atoms with Crippen LogP contribution in [0.5, 0.6) is 28.7 Å². The first-order valence-electron chi connectivity index (χ1n) is 35.2. The van der Waals surface area contributed by atoms with Gasteiger partial charge in [0.05, 0.1) is 35.7 Å².